The Balaban J connectivity index is 2.73. The second kappa shape index (κ2) is 4.49. The molecule has 0 unspecified atom stereocenters. The van der Waals surface area contributed by atoms with Crippen LogP contribution < -0.4 is 10.2 Å². The lowest BCUT2D eigenvalue weighted by atomic mass is 10.1. The Morgan fingerprint density at radius 2 is 2.12 bits per heavy atom. The van der Waals surface area contributed by atoms with Gasteiger partial charge in [-0.25, -0.2) is 0 Å². The first kappa shape index (κ1) is 11.5. The number of hydrogen-bond donors (Lipinski definition) is 1. The fourth-order valence-corrected chi connectivity index (χ4v) is 1.78. The monoisotopic (exact) mass is 234 g/mol. The van der Waals surface area contributed by atoms with E-state index in [1.165, 1.54) is 19.2 Å². The highest BCUT2D eigenvalue weighted by molar-refractivity contribution is 5.84. The number of methoxy groups -OCH3 is 1. The van der Waals surface area contributed by atoms with Gasteiger partial charge in [-0.2, -0.15) is 0 Å². The zero-order valence-corrected chi connectivity index (χ0v) is 9.82. The van der Waals surface area contributed by atoms with E-state index in [2.05, 4.69) is 0 Å². The summed E-state index contributed by atoms with van der Waals surface area (Å²) < 4.78 is 10.6. The van der Waals surface area contributed by atoms with Crippen LogP contribution in [0.5, 0.6) is 11.5 Å². The first-order valence-electron chi connectivity index (χ1n) is 5.49. The van der Waals surface area contributed by atoms with E-state index in [1.54, 1.807) is 6.07 Å². The van der Waals surface area contributed by atoms with Crippen LogP contribution in [0.4, 0.5) is 0 Å². The van der Waals surface area contributed by atoms with Crippen LogP contribution >= 0.6 is 0 Å². The number of fused-ring (bicyclic) bond motifs is 1. The van der Waals surface area contributed by atoms with Crippen molar-refractivity contribution in [2.75, 3.05) is 7.11 Å². The molecule has 1 aromatic carbocycles. The lowest BCUT2D eigenvalue weighted by molar-refractivity contribution is 0.407. The topological polar surface area (TPSA) is 59.7 Å². The molecular weight excluding hydrogens is 220 g/mol. The fourth-order valence-electron chi connectivity index (χ4n) is 1.78. The number of benzene rings is 1. The molecule has 0 bridgehead atoms. The molecule has 0 amide bonds. The minimum atomic E-state index is -0.227. The van der Waals surface area contributed by atoms with E-state index in [9.17, 15) is 9.90 Å². The van der Waals surface area contributed by atoms with Crippen molar-refractivity contribution in [2.45, 2.75) is 19.8 Å². The largest absolute Gasteiger partial charge is 0.507 e. The van der Waals surface area contributed by atoms with Crippen molar-refractivity contribution < 1.29 is 14.3 Å². The molecule has 0 fully saturated rings. The van der Waals surface area contributed by atoms with Crippen molar-refractivity contribution in [2.24, 2.45) is 0 Å². The molecule has 2 aromatic rings. The maximum atomic E-state index is 11.8. The van der Waals surface area contributed by atoms with Crippen LogP contribution in [0.25, 0.3) is 11.0 Å². The Morgan fingerprint density at radius 1 is 1.35 bits per heavy atom. The molecule has 0 saturated heterocycles. The van der Waals surface area contributed by atoms with Gasteiger partial charge in [-0.05, 0) is 6.42 Å². The molecule has 17 heavy (non-hydrogen) atoms. The summed E-state index contributed by atoms with van der Waals surface area (Å²) in [5.74, 6) is 0.973. The molecule has 0 aliphatic rings. The van der Waals surface area contributed by atoms with E-state index in [0.717, 1.165) is 6.42 Å². The molecule has 1 aromatic heterocycles. The standard InChI is InChI=1S/C13H14O4/c1-3-4-8-5-10(14)13-11(15)6-9(16-2)7-12(13)17-8/h5-7,15H,3-4H2,1-2H3. The Labute approximate surface area is 98.4 Å². The smallest absolute Gasteiger partial charge is 0.196 e. The highest BCUT2D eigenvalue weighted by atomic mass is 16.5. The second-order valence-electron chi connectivity index (χ2n) is 3.85. The minimum absolute atomic E-state index is 0.115. The summed E-state index contributed by atoms with van der Waals surface area (Å²) in [7, 11) is 1.49. The lowest BCUT2D eigenvalue weighted by Gasteiger charge is -2.05. The van der Waals surface area contributed by atoms with Crippen molar-refractivity contribution >= 4 is 11.0 Å². The van der Waals surface area contributed by atoms with E-state index >= 15 is 0 Å². The van der Waals surface area contributed by atoms with Crippen LogP contribution in [-0.2, 0) is 6.42 Å². The summed E-state index contributed by atoms with van der Waals surface area (Å²) in [6, 6.07) is 4.44. The fraction of sp³-hybridized carbons (Fsp3) is 0.308. The zero-order valence-electron chi connectivity index (χ0n) is 9.82. The average molecular weight is 234 g/mol. The third-order valence-electron chi connectivity index (χ3n) is 2.57. The molecule has 4 heteroatoms. The molecule has 4 nitrogen and oxygen atoms in total. The molecule has 1 heterocycles. The maximum absolute atomic E-state index is 11.8. The number of rotatable bonds is 3. The predicted octanol–water partition coefficient (Wildman–Crippen LogP) is 2.46. The first-order chi connectivity index (χ1) is 8.15. The van der Waals surface area contributed by atoms with E-state index in [4.69, 9.17) is 9.15 Å². The van der Waals surface area contributed by atoms with Gasteiger partial charge in [-0.1, -0.05) is 6.92 Å². The summed E-state index contributed by atoms with van der Waals surface area (Å²) in [4.78, 5) is 11.8. The van der Waals surface area contributed by atoms with Crippen LogP contribution in [0.15, 0.2) is 27.4 Å². The highest BCUT2D eigenvalue weighted by Gasteiger charge is 2.10. The molecule has 0 radical (unpaired) electrons. The molecule has 0 aliphatic carbocycles. The number of aryl methyl sites for hydroxylation is 1. The van der Waals surface area contributed by atoms with Crippen LogP contribution in [-0.4, -0.2) is 12.2 Å². The van der Waals surface area contributed by atoms with Gasteiger partial charge in [-0.15, -0.1) is 0 Å². The Kier molecular flexibility index (Phi) is 3.04. The molecule has 2 rings (SSSR count). The van der Waals surface area contributed by atoms with E-state index in [1.807, 2.05) is 6.92 Å². The molecule has 90 valence electrons. The quantitative estimate of drug-likeness (QED) is 0.886. The molecule has 0 aliphatic heterocycles. The van der Waals surface area contributed by atoms with Crippen LogP contribution in [0, 0.1) is 0 Å². The van der Waals surface area contributed by atoms with Crippen molar-refractivity contribution in [3.63, 3.8) is 0 Å². The van der Waals surface area contributed by atoms with E-state index in [-0.39, 0.29) is 16.6 Å². The highest BCUT2D eigenvalue weighted by Crippen LogP contribution is 2.28. The van der Waals surface area contributed by atoms with E-state index < -0.39 is 0 Å². The summed E-state index contributed by atoms with van der Waals surface area (Å²) in [5, 5.41) is 9.94. The zero-order chi connectivity index (χ0) is 12.4. The summed E-state index contributed by atoms with van der Waals surface area (Å²) in [6.07, 6.45) is 1.59. The summed E-state index contributed by atoms with van der Waals surface area (Å²) >= 11 is 0. The SMILES string of the molecule is CCCc1cc(=O)c2c(O)cc(OC)cc2o1. The number of phenolic OH excluding ortho intramolecular Hbond substituents is 1. The van der Waals surface area contributed by atoms with Crippen LogP contribution in [0.2, 0.25) is 0 Å². The summed E-state index contributed by atoms with van der Waals surface area (Å²) in [6.45, 7) is 2.01. The number of phenols is 1. The lowest BCUT2D eigenvalue weighted by Crippen LogP contribution is -2.02. The normalized spacial score (nSPS) is 10.7. The van der Waals surface area contributed by atoms with Gasteiger partial charge in [0.2, 0.25) is 0 Å². The van der Waals surface area contributed by atoms with Gasteiger partial charge in [0.05, 0.1) is 7.11 Å². The summed E-state index contributed by atoms with van der Waals surface area (Å²) in [5.41, 5.74) is 0.132. The van der Waals surface area contributed by atoms with E-state index in [0.29, 0.717) is 23.5 Å². The molecular formula is C13H14O4. The minimum Gasteiger partial charge on any atom is -0.507 e. The number of ether oxygens (including phenoxy) is 1. The average Bonchev–Trinajstić information content (AvgIpc) is 2.28. The van der Waals surface area contributed by atoms with Crippen molar-refractivity contribution in [3.05, 3.63) is 34.2 Å². The Bertz CT molecular complexity index is 598. The molecule has 0 spiro atoms. The predicted molar refractivity (Wildman–Crippen MR) is 64.7 cm³/mol. The van der Waals surface area contributed by atoms with Gasteiger partial charge in [0, 0.05) is 24.6 Å². The van der Waals surface area contributed by atoms with Crippen LogP contribution in [0.3, 0.4) is 0 Å². The van der Waals surface area contributed by atoms with Crippen molar-refractivity contribution in [1.82, 2.24) is 0 Å². The van der Waals surface area contributed by atoms with Gasteiger partial charge >= 0.3 is 0 Å². The van der Waals surface area contributed by atoms with Gasteiger partial charge < -0.3 is 14.3 Å². The molecule has 0 atom stereocenters. The number of aromatic hydroxyl groups is 1. The van der Waals surface area contributed by atoms with Gasteiger partial charge in [0.15, 0.2) is 5.43 Å². The van der Waals surface area contributed by atoms with Crippen molar-refractivity contribution in [3.8, 4) is 11.5 Å². The molecule has 1 N–H and O–H groups in total. The van der Waals surface area contributed by atoms with Crippen molar-refractivity contribution in [1.29, 1.82) is 0 Å². The van der Waals surface area contributed by atoms with Gasteiger partial charge in [0.1, 0.15) is 28.2 Å². The third-order valence-corrected chi connectivity index (χ3v) is 2.57. The molecule has 0 saturated carbocycles. The Hall–Kier alpha value is -1.97. The second-order valence-corrected chi connectivity index (χ2v) is 3.85. The van der Waals surface area contributed by atoms with Gasteiger partial charge in [-0.3, -0.25) is 4.79 Å². The maximum Gasteiger partial charge on any atom is 0.196 e. The first-order valence-corrected chi connectivity index (χ1v) is 5.49. The van der Waals surface area contributed by atoms with Gasteiger partial charge in [0.25, 0.3) is 0 Å². The number of hydrogen-bond acceptors (Lipinski definition) is 4. The van der Waals surface area contributed by atoms with Crippen LogP contribution in [0.1, 0.15) is 19.1 Å². The third kappa shape index (κ3) is 2.11. The Morgan fingerprint density at radius 3 is 2.76 bits per heavy atom.